The van der Waals surface area contributed by atoms with Crippen LogP contribution >= 0.6 is 12.2 Å². The van der Waals surface area contributed by atoms with Crippen molar-refractivity contribution in [2.24, 2.45) is 0 Å². The van der Waals surface area contributed by atoms with Crippen LogP contribution in [0, 0.1) is 5.82 Å². The third-order valence-corrected chi connectivity index (χ3v) is 4.14. The van der Waals surface area contributed by atoms with Gasteiger partial charge in [-0.2, -0.15) is 0 Å². The van der Waals surface area contributed by atoms with Crippen molar-refractivity contribution in [2.75, 3.05) is 13.6 Å². The van der Waals surface area contributed by atoms with Gasteiger partial charge in [0.25, 0.3) is 0 Å². The van der Waals surface area contributed by atoms with Gasteiger partial charge in [0.05, 0.1) is 6.04 Å². The number of rotatable bonds is 1. The van der Waals surface area contributed by atoms with Gasteiger partial charge in [-0.25, -0.2) is 4.39 Å². The largest absolute Gasteiger partial charge is 0.366 e. The number of thiocarbonyl (C=S) groups is 1. The highest BCUT2D eigenvalue weighted by molar-refractivity contribution is 7.80. The number of halogens is 1. The summed E-state index contributed by atoms with van der Waals surface area (Å²) in [5.41, 5.74) is 2.23. The zero-order chi connectivity index (χ0) is 14.1. The molecule has 20 heavy (non-hydrogen) atoms. The molecule has 5 heteroatoms. The van der Waals surface area contributed by atoms with E-state index in [2.05, 4.69) is 27.0 Å². The smallest absolute Gasteiger partial charge is 0.169 e. The number of fused-ring (bicyclic) bond motifs is 1. The molecule has 0 amide bonds. The Balaban J connectivity index is 2.06. The Hall–Kier alpha value is -1.88. The fourth-order valence-corrected chi connectivity index (χ4v) is 2.94. The van der Waals surface area contributed by atoms with Crippen molar-refractivity contribution in [1.29, 1.82) is 0 Å². The van der Waals surface area contributed by atoms with Crippen LogP contribution in [0.1, 0.15) is 17.3 Å². The molecule has 0 spiro atoms. The summed E-state index contributed by atoms with van der Waals surface area (Å²) in [5, 5.41) is 3.76. The minimum atomic E-state index is -0.220. The van der Waals surface area contributed by atoms with E-state index in [1.54, 1.807) is 0 Å². The summed E-state index contributed by atoms with van der Waals surface area (Å²) in [6.07, 6.45) is 2.08. The first-order chi connectivity index (χ1) is 9.70. The number of benzene rings is 1. The predicted molar refractivity (Wildman–Crippen MR) is 81.0 cm³/mol. The maximum Gasteiger partial charge on any atom is 0.169 e. The second kappa shape index (κ2) is 5.25. The Morgan fingerprint density at radius 1 is 1.25 bits per heavy atom. The van der Waals surface area contributed by atoms with Crippen LogP contribution in [0.25, 0.3) is 0 Å². The molecule has 0 saturated heterocycles. The molecule has 1 N–H and O–H groups in total. The van der Waals surface area contributed by atoms with Gasteiger partial charge >= 0.3 is 0 Å². The first-order valence-electron chi connectivity index (χ1n) is 6.59. The highest BCUT2D eigenvalue weighted by Crippen LogP contribution is 2.32. The van der Waals surface area contributed by atoms with E-state index in [-0.39, 0.29) is 11.9 Å². The van der Waals surface area contributed by atoms with E-state index < -0.39 is 0 Å². The van der Waals surface area contributed by atoms with Crippen molar-refractivity contribution < 1.29 is 4.39 Å². The lowest BCUT2D eigenvalue weighted by Crippen LogP contribution is -2.46. The summed E-state index contributed by atoms with van der Waals surface area (Å²) in [5.74, 6) is -0.220. The van der Waals surface area contributed by atoms with E-state index in [0.717, 1.165) is 18.7 Å². The summed E-state index contributed by atoms with van der Waals surface area (Å²) < 4.78 is 15.4. The van der Waals surface area contributed by atoms with Gasteiger partial charge in [-0.05, 0) is 42.0 Å². The lowest BCUT2D eigenvalue weighted by molar-refractivity contribution is 0.287. The van der Waals surface area contributed by atoms with Crippen molar-refractivity contribution >= 4 is 17.3 Å². The van der Waals surface area contributed by atoms with Crippen LogP contribution in [0.3, 0.4) is 0 Å². The summed E-state index contributed by atoms with van der Waals surface area (Å²) in [7, 11) is 1.83. The van der Waals surface area contributed by atoms with Gasteiger partial charge < -0.3 is 14.8 Å². The summed E-state index contributed by atoms with van der Waals surface area (Å²) >= 11 is 5.41. The number of aromatic nitrogens is 1. The van der Waals surface area contributed by atoms with Crippen molar-refractivity contribution in [3.63, 3.8) is 0 Å². The standard InChI is InChI=1S/C15H16FN3S/c1-17-15(20)19-10-9-18-8-2-3-13(18)14(19)11-4-6-12(16)7-5-11/h2-8,14H,9-10H2,1H3,(H,17,20)/t14-/m1/s1. The van der Waals surface area contributed by atoms with Crippen LogP contribution in [0.2, 0.25) is 0 Å². The predicted octanol–water partition coefficient (Wildman–Crippen LogP) is 2.54. The summed E-state index contributed by atoms with van der Waals surface area (Å²) in [4.78, 5) is 2.15. The minimum absolute atomic E-state index is 0.0271. The van der Waals surface area contributed by atoms with E-state index in [0.29, 0.717) is 5.11 Å². The first kappa shape index (κ1) is 13.1. The SMILES string of the molecule is CNC(=S)N1CCn2cccc2[C@H]1c1ccc(F)cc1. The van der Waals surface area contributed by atoms with Gasteiger partial charge in [0, 0.05) is 32.0 Å². The number of nitrogens with zero attached hydrogens (tertiary/aromatic N) is 2. The van der Waals surface area contributed by atoms with E-state index in [9.17, 15) is 4.39 Å². The molecule has 1 aliphatic heterocycles. The van der Waals surface area contributed by atoms with E-state index in [1.165, 1.54) is 17.8 Å². The number of nitrogens with one attached hydrogen (secondary N) is 1. The Morgan fingerprint density at radius 3 is 2.70 bits per heavy atom. The molecule has 0 unspecified atom stereocenters. The van der Waals surface area contributed by atoms with Crippen LogP contribution < -0.4 is 5.32 Å². The maximum atomic E-state index is 13.2. The zero-order valence-corrected chi connectivity index (χ0v) is 12.0. The van der Waals surface area contributed by atoms with Crippen LogP contribution in [0.5, 0.6) is 0 Å². The second-order valence-corrected chi connectivity index (χ2v) is 5.22. The third kappa shape index (κ3) is 2.18. The fraction of sp³-hybridized carbons (Fsp3) is 0.267. The average Bonchev–Trinajstić information content (AvgIpc) is 2.95. The van der Waals surface area contributed by atoms with Gasteiger partial charge in [0.1, 0.15) is 5.82 Å². The quantitative estimate of drug-likeness (QED) is 0.815. The van der Waals surface area contributed by atoms with E-state index in [4.69, 9.17) is 12.2 Å². The molecule has 0 saturated carbocycles. The topological polar surface area (TPSA) is 20.2 Å². The Morgan fingerprint density at radius 2 is 2.00 bits per heavy atom. The fourth-order valence-electron chi connectivity index (χ4n) is 2.74. The first-order valence-corrected chi connectivity index (χ1v) is 7.00. The van der Waals surface area contributed by atoms with E-state index >= 15 is 0 Å². The molecule has 1 aromatic heterocycles. The average molecular weight is 289 g/mol. The van der Waals surface area contributed by atoms with Crippen molar-refractivity contribution in [2.45, 2.75) is 12.6 Å². The molecule has 0 bridgehead atoms. The summed E-state index contributed by atoms with van der Waals surface area (Å²) in [6, 6.07) is 10.8. The Bertz CT molecular complexity index is 620. The molecule has 0 aliphatic carbocycles. The number of hydrogen-bond acceptors (Lipinski definition) is 1. The normalized spacial score (nSPS) is 17.7. The molecule has 1 atom stereocenters. The van der Waals surface area contributed by atoms with Gasteiger partial charge in [0.15, 0.2) is 5.11 Å². The van der Waals surface area contributed by atoms with Crippen LogP contribution in [-0.4, -0.2) is 28.2 Å². The molecular formula is C15H16FN3S. The molecule has 0 fully saturated rings. The molecule has 2 aromatic rings. The third-order valence-electron chi connectivity index (χ3n) is 3.70. The minimum Gasteiger partial charge on any atom is -0.366 e. The lowest BCUT2D eigenvalue weighted by Gasteiger charge is -2.38. The zero-order valence-electron chi connectivity index (χ0n) is 11.2. The molecular weight excluding hydrogens is 273 g/mol. The number of hydrogen-bond donors (Lipinski definition) is 1. The molecule has 0 radical (unpaired) electrons. The lowest BCUT2D eigenvalue weighted by atomic mass is 10.0. The highest BCUT2D eigenvalue weighted by Gasteiger charge is 2.29. The molecule has 3 rings (SSSR count). The molecule has 2 heterocycles. The highest BCUT2D eigenvalue weighted by atomic mass is 32.1. The van der Waals surface area contributed by atoms with Crippen molar-refractivity contribution in [1.82, 2.24) is 14.8 Å². The summed E-state index contributed by atoms with van der Waals surface area (Å²) in [6.45, 7) is 1.74. The van der Waals surface area contributed by atoms with Crippen LogP contribution in [0.15, 0.2) is 42.6 Å². The van der Waals surface area contributed by atoms with Crippen LogP contribution in [-0.2, 0) is 6.54 Å². The van der Waals surface area contributed by atoms with E-state index in [1.807, 2.05) is 25.2 Å². The molecule has 3 nitrogen and oxygen atoms in total. The molecule has 1 aliphatic rings. The van der Waals surface area contributed by atoms with Gasteiger partial charge in [-0.1, -0.05) is 12.1 Å². The van der Waals surface area contributed by atoms with Gasteiger partial charge in [-0.15, -0.1) is 0 Å². The van der Waals surface area contributed by atoms with Crippen molar-refractivity contribution in [3.05, 3.63) is 59.7 Å². The molecule has 104 valence electrons. The maximum absolute atomic E-state index is 13.2. The molecule has 1 aromatic carbocycles. The van der Waals surface area contributed by atoms with Gasteiger partial charge in [-0.3, -0.25) is 0 Å². The van der Waals surface area contributed by atoms with Crippen LogP contribution in [0.4, 0.5) is 4.39 Å². The van der Waals surface area contributed by atoms with Gasteiger partial charge in [0.2, 0.25) is 0 Å². The Labute approximate surface area is 123 Å². The monoisotopic (exact) mass is 289 g/mol. The van der Waals surface area contributed by atoms with Crippen molar-refractivity contribution in [3.8, 4) is 0 Å². The Kier molecular flexibility index (Phi) is 3.44. The second-order valence-electron chi connectivity index (χ2n) is 4.83.